The van der Waals surface area contributed by atoms with Crippen molar-refractivity contribution in [1.29, 1.82) is 0 Å². The van der Waals surface area contributed by atoms with Gasteiger partial charge in [0.2, 0.25) is 5.91 Å². The number of carbonyl (C=O) groups is 2. The Morgan fingerprint density at radius 1 is 1.26 bits per heavy atom. The number of piperazine rings is 1. The van der Waals surface area contributed by atoms with Gasteiger partial charge in [0.25, 0.3) is 0 Å². The van der Waals surface area contributed by atoms with E-state index in [0.717, 1.165) is 51.0 Å². The molecule has 0 bridgehead atoms. The van der Waals surface area contributed by atoms with Crippen LogP contribution in [0.15, 0.2) is 18.2 Å². The van der Waals surface area contributed by atoms with E-state index in [1.165, 1.54) is 17.0 Å². The number of nitrogens with one attached hydrogen (secondary N) is 2. The molecule has 27 heavy (non-hydrogen) atoms. The Morgan fingerprint density at radius 2 is 2.00 bits per heavy atom. The van der Waals surface area contributed by atoms with Gasteiger partial charge in [-0.15, -0.1) is 0 Å². The third-order valence-corrected chi connectivity index (χ3v) is 4.87. The average molecular weight is 381 g/mol. The molecule has 150 valence electrons. The summed E-state index contributed by atoms with van der Waals surface area (Å²) in [5.41, 5.74) is 5.86. The lowest BCUT2D eigenvalue weighted by Crippen LogP contribution is -3.13. The maximum absolute atomic E-state index is 13.5. The predicted octanol–water partition coefficient (Wildman–Crippen LogP) is 0.290. The molecule has 4 N–H and O–H groups in total. The highest BCUT2D eigenvalue weighted by molar-refractivity contribution is 5.76. The molecule has 0 spiro atoms. The Hall–Kier alpha value is -2.35. The largest absolute Gasteiger partial charge is 0.496 e. The minimum atomic E-state index is -0.512. The highest BCUT2D eigenvalue weighted by atomic mass is 19.1. The van der Waals surface area contributed by atoms with E-state index in [4.69, 9.17) is 10.5 Å². The molecule has 3 amide bonds. The Morgan fingerprint density at radius 3 is 2.67 bits per heavy atom. The first-order chi connectivity index (χ1) is 13.0. The average Bonchev–Trinajstić information content (AvgIpc) is 2.65. The SMILES string of the molecule is COc1ccc(F)cc1C[NH+]1CCN(C(=O)CCCCCNC(N)=O)CC1. The minimum absolute atomic E-state index is 0.181. The standard InChI is InChI=1S/C19H29FN4O3/c1-27-17-7-6-16(20)13-15(17)14-23-9-11-24(12-10-23)18(25)5-3-2-4-8-22-19(21)26/h6-7,13H,2-5,8-12,14H2,1H3,(H3,21,22,26)/p+1. The zero-order chi connectivity index (χ0) is 19.6. The topological polar surface area (TPSA) is 89.1 Å². The fourth-order valence-electron chi connectivity index (χ4n) is 3.35. The summed E-state index contributed by atoms with van der Waals surface area (Å²) in [5, 5.41) is 2.54. The van der Waals surface area contributed by atoms with Crippen molar-refractivity contribution in [3.63, 3.8) is 0 Å². The summed E-state index contributed by atoms with van der Waals surface area (Å²) in [6.07, 6.45) is 3.05. The normalized spacial score (nSPS) is 14.8. The van der Waals surface area contributed by atoms with Gasteiger partial charge >= 0.3 is 6.03 Å². The second-order valence-electron chi connectivity index (χ2n) is 6.87. The number of quaternary nitrogens is 1. The Bertz CT molecular complexity index is 633. The zero-order valence-corrected chi connectivity index (χ0v) is 15.9. The van der Waals surface area contributed by atoms with Gasteiger partial charge in [0, 0.05) is 13.0 Å². The number of primary amides is 1. The van der Waals surface area contributed by atoms with E-state index in [-0.39, 0.29) is 11.7 Å². The number of nitrogens with zero attached hydrogens (tertiary/aromatic N) is 1. The van der Waals surface area contributed by atoms with Gasteiger partial charge in [0.05, 0.1) is 38.9 Å². The first kappa shape index (κ1) is 21.0. The molecule has 0 aliphatic carbocycles. The molecule has 0 radical (unpaired) electrons. The maximum Gasteiger partial charge on any atom is 0.312 e. The molecule has 2 rings (SSSR count). The van der Waals surface area contributed by atoms with Crippen LogP contribution in [0, 0.1) is 5.82 Å². The lowest BCUT2D eigenvalue weighted by molar-refractivity contribution is -0.917. The Kier molecular flexibility index (Phi) is 8.32. The quantitative estimate of drug-likeness (QED) is 0.537. The van der Waals surface area contributed by atoms with E-state index in [2.05, 4.69) is 5.32 Å². The summed E-state index contributed by atoms with van der Waals surface area (Å²) in [7, 11) is 1.59. The molecule has 0 aromatic heterocycles. The van der Waals surface area contributed by atoms with Gasteiger partial charge in [-0.05, 0) is 31.0 Å². The number of hydrogen-bond donors (Lipinski definition) is 3. The smallest absolute Gasteiger partial charge is 0.312 e. The molecule has 1 aromatic rings. The van der Waals surface area contributed by atoms with Gasteiger partial charge in [-0.2, -0.15) is 0 Å². The maximum atomic E-state index is 13.5. The van der Waals surface area contributed by atoms with E-state index >= 15 is 0 Å². The molecule has 0 unspecified atom stereocenters. The molecule has 1 heterocycles. The van der Waals surface area contributed by atoms with Crippen molar-refractivity contribution in [3.05, 3.63) is 29.6 Å². The van der Waals surface area contributed by atoms with Gasteiger partial charge in [-0.25, -0.2) is 9.18 Å². The first-order valence-electron chi connectivity index (χ1n) is 9.46. The molecule has 0 atom stereocenters. The van der Waals surface area contributed by atoms with Crippen LogP contribution in [0.3, 0.4) is 0 Å². The van der Waals surface area contributed by atoms with Crippen LogP contribution in [0.2, 0.25) is 0 Å². The number of benzene rings is 1. The number of methoxy groups -OCH3 is 1. The molecule has 1 aromatic carbocycles. The third-order valence-electron chi connectivity index (χ3n) is 4.87. The molecule has 1 saturated heterocycles. The van der Waals surface area contributed by atoms with Crippen molar-refractivity contribution in [3.8, 4) is 5.75 Å². The van der Waals surface area contributed by atoms with Crippen molar-refractivity contribution in [1.82, 2.24) is 10.2 Å². The van der Waals surface area contributed by atoms with Crippen LogP contribution in [0.5, 0.6) is 5.75 Å². The summed E-state index contributed by atoms with van der Waals surface area (Å²) in [4.78, 5) is 26.1. The summed E-state index contributed by atoms with van der Waals surface area (Å²) < 4.78 is 18.8. The summed E-state index contributed by atoms with van der Waals surface area (Å²) in [6.45, 7) is 4.36. The molecule has 1 aliphatic heterocycles. The van der Waals surface area contributed by atoms with Gasteiger partial charge in [-0.1, -0.05) is 6.42 Å². The molecular weight excluding hydrogens is 351 g/mol. The van der Waals surface area contributed by atoms with Crippen molar-refractivity contribution in [2.75, 3.05) is 39.8 Å². The minimum Gasteiger partial charge on any atom is -0.496 e. The summed E-state index contributed by atoms with van der Waals surface area (Å²) >= 11 is 0. The fourth-order valence-corrected chi connectivity index (χ4v) is 3.35. The molecule has 7 nitrogen and oxygen atoms in total. The van der Waals surface area contributed by atoms with Crippen LogP contribution >= 0.6 is 0 Å². The lowest BCUT2D eigenvalue weighted by atomic mass is 10.1. The zero-order valence-electron chi connectivity index (χ0n) is 15.9. The number of carbonyl (C=O) groups excluding carboxylic acids is 2. The van der Waals surface area contributed by atoms with Crippen LogP contribution in [-0.4, -0.2) is 56.7 Å². The van der Waals surface area contributed by atoms with Crippen LogP contribution < -0.4 is 20.7 Å². The van der Waals surface area contributed by atoms with E-state index in [9.17, 15) is 14.0 Å². The Labute approximate surface area is 159 Å². The monoisotopic (exact) mass is 381 g/mol. The number of amides is 3. The van der Waals surface area contributed by atoms with E-state index in [0.29, 0.717) is 25.3 Å². The van der Waals surface area contributed by atoms with E-state index < -0.39 is 6.03 Å². The predicted molar refractivity (Wildman–Crippen MR) is 100.0 cm³/mol. The summed E-state index contributed by atoms with van der Waals surface area (Å²) in [5.74, 6) is 0.624. The van der Waals surface area contributed by atoms with Crippen molar-refractivity contribution in [2.24, 2.45) is 5.73 Å². The number of nitrogens with two attached hydrogens (primary N) is 1. The van der Waals surface area contributed by atoms with Crippen molar-refractivity contribution < 1.29 is 23.6 Å². The van der Waals surface area contributed by atoms with Gasteiger partial charge in [-0.3, -0.25) is 4.79 Å². The number of rotatable bonds is 9. The fraction of sp³-hybridized carbons (Fsp3) is 0.579. The summed E-state index contributed by atoms with van der Waals surface area (Å²) in [6, 6.07) is 4.07. The van der Waals surface area contributed by atoms with Gasteiger partial charge in [0.1, 0.15) is 18.1 Å². The molecular formula is C19H30FN4O3+. The number of halogens is 1. The van der Waals surface area contributed by atoms with E-state index in [1.807, 2.05) is 4.90 Å². The van der Waals surface area contributed by atoms with Crippen LogP contribution in [0.1, 0.15) is 31.2 Å². The second kappa shape index (κ2) is 10.7. The molecule has 0 saturated carbocycles. The number of ether oxygens (including phenoxy) is 1. The van der Waals surface area contributed by atoms with Crippen LogP contribution in [0.4, 0.5) is 9.18 Å². The van der Waals surface area contributed by atoms with Gasteiger partial charge in [0.15, 0.2) is 0 Å². The van der Waals surface area contributed by atoms with Gasteiger partial charge < -0.3 is 25.6 Å². The number of urea groups is 1. The number of hydrogen-bond acceptors (Lipinski definition) is 3. The van der Waals surface area contributed by atoms with Crippen LogP contribution in [0.25, 0.3) is 0 Å². The first-order valence-corrected chi connectivity index (χ1v) is 9.46. The highest BCUT2D eigenvalue weighted by Gasteiger charge is 2.24. The van der Waals surface area contributed by atoms with E-state index in [1.54, 1.807) is 13.2 Å². The molecule has 1 aliphatic rings. The number of unbranched alkanes of at least 4 members (excludes halogenated alkanes) is 2. The van der Waals surface area contributed by atoms with Crippen molar-refractivity contribution >= 4 is 11.9 Å². The van der Waals surface area contributed by atoms with Crippen LogP contribution in [-0.2, 0) is 11.3 Å². The second-order valence-corrected chi connectivity index (χ2v) is 6.87. The highest BCUT2D eigenvalue weighted by Crippen LogP contribution is 2.18. The molecule has 8 heteroatoms. The Balaban J connectivity index is 1.68. The molecule has 1 fully saturated rings. The lowest BCUT2D eigenvalue weighted by Gasteiger charge is -2.32. The third kappa shape index (κ3) is 7.05. The van der Waals surface area contributed by atoms with Crippen molar-refractivity contribution in [2.45, 2.75) is 32.2 Å².